The molecule has 0 atom stereocenters. The molecule has 0 aromatic carbocycles. The summed E-state index contributed by atoms with van der Waals surface area (Å²) in [6.07, 6.45) is 1.43. The van der Waals surface area contributed by atoms with Crippen molar-refractivity contribution in [3.63, 3.8) is 0 Å². The van der Waals surface area contributed by atoms with Crippen molar-refractivity contribution in [1.82, 2.24) is 10.2 Å². The van der Waals surface area contributed by atoms with Gasteiger partial charge in [0.05, 0.1) is 33.0 Å². The van der Waals surface area contributed by atoms with Crippen LogP contribution in [-0.2, 0) is 14.2 Å². The summed E-state index contributed by atoms with van der Waals surface area (Å²) >= 11 is 0. The van der Waals surface area contributed by atoms with Crippen LogP contribution in [0.2, 0.25) is 0 Å². The molecule has 0 unspecified atom stereocenters. The molecule has 0 aliphatic carbocycles. The maximum Gasteiger partial charge on any atom is 0.409 e. The van der Waals surface area contributed by atoms with Gasteiger partial charge < -0.3 is 30.2 Å². The molecule has 0 radical (unpaired) electrons. The molecular weight excluding hydrogens is 415 g/mol. The molecule has 1 aliphatic heterocycles. The van der Waals surface area contributed by atoms with Gasteiger partial charge in [-0.1, -0.05) is 0 Å². The molecule has 1 amide bonds. The van der Waals surface area contributed by atoms with Crippen molar-refractivity contribution in [2.24, 2.45) is 10.7 Å². The van der Waals surface area contributed by atoms with Crippen LogP contribution in [0.15, 0.2) is 4.99 Å². The lowest BCUT2D eigenvalue weighted by molar-refractivity contribution is 0.0748. The minimum absolute atomic E-state index is 0. The minimum atomic E-state index is -0.240. The Labute approximate surface area is 155 Å². The van der Waals surface area contributed by atoms with E-state index in [0.29, 0.717) is 52.0 Å². The lowest BCUT2D eigenvalue weighted by atomic mass is 10.1. The molecule has 1 fully saturated rings. The van der Waals surface area contributed by atoms with E-state index in [2.05, 4.69) is 10.3 Å². The van der Waals surface area contributed by atoms with Crippen molar-refractivity contribution in [2.45, 2.75) is 25.8 Å². The van der Waals surface area contributed by atoms with E-state index in [1.54, 1.807) is 12.0 Å². The van der Waals surface area contributed by atoms with Crippen LogP contribution in [0.5, 0.6) is 0 Å². The first-order chi connectivity index (χ1) is 10.7. The monoisotopic (exact) mass is 444 g/mol. The van der Waals surface area contributed by atoms with E-state index in [1.165, 1.54) is 0 Å². The van der Waals surface area contributed by atoms with E-state index < -0.39 is 0 Å². The Bertz CT molecular complexity index is 350. The molecule has 23 heavy (non-hydrogen) atoms. The van der Waals surface area contributed by atoms with Crippen LogP contribution >= 0.6 is 24.0 Å². The van der Waals surface area contributed by atoms with Crippen LogP contribution in [0, 0.1) is 0 Å². The maximum absolute atomic E-state index is 11.6. The van der Waals surface area contributed by atoms with Gasteiger partial charge in [0.2, 0.25) is 0 Å². The van der Waals surface area contributed by atoms with Crippen LogP contribution < -0.4 is 11.1 Å². The van der Waals surface area contributed by atoms with Crippen molar-refractivity contribution in [1.29, 1.82) is 0 Å². The number of rotatable bonds is 8. The summed E-state index contributed by atoms with van der Waals surface area (Å²) in [6, 6.07) is 0.240. The number of aliphatic imine (C=N–C) groups is 1. The van der Waals surface area contributed by atoms with Gasteiger partial charge in [0.15, 0.2) is 5.96 Å². The van der Waals surface area contributed by atoms with Gasteiger partial charge in [-0.15, -0.1) is 24.0 Å². The summed E-state index contributed by atoms with van der Waals surface area (Å²) in [5.74, 6) is 0.421. The number of hydrogen-bond donors (Lipinski definition) is 2. The van der Waals surface area contributed by atoms with E-state index in [4.69, 9.17) is 19.9 Å². The number of nitrogens with two attached hydrogens (primary N) is 1. The highest BCUT2D eigenvalue weighted by molar-refractivity contribution is 14.0. The molecule has 0 aromatic heterocycles. The molecule has 1 heterocycles. The first-order valence-corrected chi connectivity index (χ1v) is 7.72. The van der Waals surface area contributed by atoms with Gasteiger partial charge in [-0.25, -0.2) is 4.79 Å². The highest BCUT2D eigenvalue weighted by Gasteiger charge is 2.23. The van der Waals surface area contributed by atoms with Gasteiger partial charge in [0.25, 0.3) is 0 Å². The normalized spacial score (nSPS) is 15.9. The molecule has 0 bridgehead atoms. The highest BCUT2D eigenvalue weighted by Crippen LogP contribution is 2.11. The van der Waals surface area contributed by atoms with Crippen LogP contribution in [-0.4, -0.2) is 76.2 Å². The van der Waals surface area contributed by atoms with Crippen molar-refractivity contribution in [3.8, 4) is 0 Å². The van der Waals surface area contributed by atoms with Gasteiger partial charge in [0, 0.05) is 26.2 Å². The first kappa shape index (κ1) is 22.2. The largest absolute Gasteiger partial charge is 0.450 e. The van der Waals surface area contributed by atoms with E-state index in [0.717, 1.165) is 12.8 Å². The fraction of sp³-hybridized carbons (Fsp3) is 0.857. The second-order valence-electron chi connectivity index (χ2n) is 4.98. The Morgan fingerprint density at radius 2 is 2.00 bits per heavy atom. The third-order valence-corrected chi connectivity index (χ3v) is 3.32. The number of piperidine rings is 1. The molecular formula is C14H29IN4O4. The molecule has 3 N–H and O–H groups in total. The van der Waals surface area contributed by atoms with Crippen LogP contribution in [0.4, 0.5) is 4.79 Å². The molecule has 9 heteroatoms. The van der Waals surface area contributed by atoms with E-state index >= 15 is 0 Å². The van der Waals surface area contributed by atoms with Crippen molar-refractivity contribution < 1.29 is 19.0 Å². The van der Waals surface area contributed by atoms with Crippen molar-refractivity contribution >= 4 is 36.0 Å². The number of hydrogen-bond acceptors (Lipinski definition) is 5. The maximum atomic E-state index is 11.6. The number of methoxy groups -OCH3 is 1. The molecule has 0 aromatic rings. The Kier molecular flexibility index (Phi) is 13.1. The summed E-state index contributed by atoms with van der Waals surface area (Å²) in [5, 5.41) is 3.18. The van der Waals surface area contributed by atoms with Gasteiger partial charge in [-0.05, 0) is 19.8 Å². The second-order valence-corrected chi connectivity index (χ2v) is 4.98. The molecule has 8 nitrogen and oxygen atoms in total. The van der Waals surface area contributed by atoms with E-state index in [-0.39, 0.29) is 36.1 Å². The summed E-state index contributed by atoms with van der Waals surface area (Å²) < 4.78 is 15.2. The summed E-state index contributed by atoms with van der Waals surface area (Å²) in [6.45, 7) is 5.73. The highest BCUT2D eigenvalue weighted by atomic mass is 127. The summed E-state index contributed by atoms with van der Waals surface area (Å²) in [4.78, 5) is 17.5. The Balaban J connectivity index is 0.00000484. The van der Waals surface area contributed by atoms with Crippen LogP contribution in [0.25, 0.3) is 0 Å². The van der Waals surface area contributed by atoms with Crippen LogP contribution in [0.1, 0.15) is 19.8 Å². The lowest BCUT2D eigenvalue weighted by Crippen LogP contribution is -2.48. The smallest absolute Gasteiger partial charge is 0.409 e. The van der Waals surface area contributed by atoms with Crippen LogP contribution in [0.3, 0.4) is 0 Å². The number of carbonyl (C=O) groups is 1. The van der Waals surface area contributed by atoms with E-state index in [9.17, 15) is 4.79 Å². The third kappa shape index (κ3) is 9.82. The Hall–Kier alpha value is -0.810. The fourth-order valence-corrected chi connectivity index (χ4v) is 2.15. The zero-order valence-corrected chi connectivity index (χ0v) is 16.3. The Morgan fingerprint density at radius 1 is 1.30 bits per heavy atom. The van der Waals surface area contributed by atoms with Gasteiger partial charge in [-0.2, -0.15) is 0 Å². The number of amides is 1. The fourth-order valence-electron chi connectivity index (χ4n) is 2.15. The number of nitrogens with zero attached hydrogens (tertiary/aromatic N) is 2. The number of ether oxygens (including phenoxy) is 3. The SMILES string of the molecule is CCOC(=O)N1CCC(NC(N)=NCCOCCOC)CC1.I. The predicted molar refractivity (Wildman–Crippen MR) is 99.4 cm³/mol. The standard InChI is InChI=1S/C14H28N4O4.HI/c1-3-22-14(19)18-7-4-12(5-8-18)17-13(15)16-6-9-21-11-10-20-2;/h12H,3-11H2,1-2H3,(H3,15,16,17);1H. The molecule has 1 rings (SSSR count). The summed E-state index contributed by atoms with van der Waals surface area (Å²) in [5.41, 5.74) is 5.84. The number of guanidine groups is 1. The lowest BCUT2D eigenvalue weighted by Gasteiger charge is -2.31. The average molecular weight is 444 g/mol. The third-order valence-electron chi connectivity index (χ3n) is 3.32. The summed E-state index contributed by atoms with van der Waals surface area (Å²) in [7, 11) is 1.64. The quantitative estimate of drug-likeness (QED) is 0.249. The van der Waals surface area contributed by atoms with Gasteiger partial charge in [-0.3, -0.25) is 4.99 Å². The molecule has 0 saturated carbocycles. The molecule has 1 aliphatic rings. The van der Waals surface area contributed by atoms with Gasteiger partial charge >= 0.3 is 6.09 Å². The number of likely N-dealkylation sites (tertiary alicyclic amines) is 1. The molecule has 0 spiro atoms. The van der Waals surface area contributed by atoms with Gasteiger partial charge in [0.1, 0.15) is 0 Å². The Morgan fingerprint density at radius 3 is 2.61 bits per heavy atom. The minimum Gasteiger partial charge on any atom is -0.450 e. The number of carbonyl (C=O) groups excluding carboxylic acids is 1. The van der Waals surface area contributed by atoms with Crippen molar-refractivity contribution in [2.75, 3.05) is 53.2 Å². The number of halogens is 1. The zero-order valence-electron chi connectivity index (χ0n) is 14.0. The average Bonchev–Trinajstić information content (AvgIpc) is 2.51. The molecule has 1 saturated heterocycles. The molecule has 136 valence electrons. The zero-order chi connectivity index (χ0) is 16.2. The van der Waals surface area contributed by atoms with E-state index in [1.807, 2.05) is 6.92 Å². The number of nitrogens with one attached hydrogen (secondary N) is 1. The predicted octanol–water partition coefficient (Wildman–Crippen LogP) is 0.793. The second kappa shape index (κ2) is 13.6. The van der Waals surface area contributed by atoms with Crippen molar-refractivity contribution in [3.05, 3.63) is 0 Å². The topological polar surface area (TPSA) is 98.4 Å². The first-order valence-electron chi connectivity index (χ1n) is 7.72.